The molecule has 0 aliphatic rings. The SMILES string of the molecule is Cc1ccc(S(=O)(=O)N(CC(=O)Nc2ccc(C)c(C)c2)c2ccc(C)cc2C)cc1. The minimum absolute atomic E-state index is 0.150. The maximum Gasteiger partial charge on any atom is 0.264 e. The second-order valence-electron chi connectivity index (χ2n) is 7.96. The molecule has 0 saturated carbocycles. The molecule has 0 bridgehead atoms. The fraction of sp³-hybridized carbons (Fsp3) is 0.240. The molecular weight excluding hydrogens is 408 g/mol. The molecule has 0 radical (unpaired) electrons. The molecule has 0 spiro atoms. The summed E-state index contributed by atoms with van der Waals surface area (Å²) >= 11 is 0. The fourth-order valence-corrected chi connectivity index (χ4v) is 4.86. The van der Waals surface area contributed by atoms with E-state index < -0.39 is 15.9 Å². The Bertz CT molecular complexity index is 1220. The summed E-state index contributed by atoms with van der Waals surface area (Å²) in [6.45, 7) is 9.33. The molecule has 0 unspecified atom stereocenters. The fourth-order valence-electron chi connectivity index (χ4n) is 3.37. The first-order chi connectivity index (χ1) is 14.6. The van der Waals surface area contributed by atoms with Crippen molar-refractivity contribution >= 4 is 27.3 Å². The molecule has 0 aliphatic heterocycles. The molecule has 3 rings (SSSR count). The Hall–Kier alpha value is -3.12. The van der Waals surface area contributed by atoms with E-state index >= 15 is 0 Å². The van der Waals surface area contributed by atoms with Crippen molar-refractivity contribution in [2.75, 3.05) is 16.2 Å². The number of amides is 1. The van der Waals surface area contributed by atoms with Crippen LogP contribution >= 0.6 is 0 Å². The van der Waals surface area contributed by atoms with Crippen molar-refractivity contribution in [3.05, 3.63) is 88.5 Å². The number of anilines is 2. The quantitative estimate of drug-likeness (QED) is 0.587. The molecule has 6 heteroatoms. The summed E-state index contributed by atoms with van der Waals surface area (Å²) in [4.78, 5) is 13.0. The predicted molar refractivity (Wildman–Crippen MR) is 126 cm³/mol. The summed E-state index contributed by atoms with van der Waals surface area (Å²) in [7, 11) is -3.94. The van der Waals surface area contributed by atoms with Gasteiger partial charge in [-0.05, 0) is 81.6 Å². The van der Waals surface area contributed by atoms with E-state index in [-0.39, 0.29) is 11.4 Å². The number of hydrogen-bond donors (Lipinski definition) is 1. The van der Waals surface area contributed by atoms with Crippen LogP contribution in [-0.4, -0.2) is 20.9 Å². The van der Waals surface area contributed by atoms with Crippen molar-refractivity contribution < 1.29 is 13.2 Å². The number of rotatable bonds is 6. The van der Waals surface area contributed by atoms with Crippen LogP contribution in [0.4, 0.5) is 11.4 Å². The topological polar surface area (TPSA) is 66.5 Å². The summed E-state index contributed by atoms with van der Waals surface area (Å²) in [6, 6.07) is 17.8. The van der Waals surface area contributed by atoms with Gasteiger partial charge in [-0.25, -0.2) is 8.42 Å². The summed E-state index contributed by atoms with van der Waals surface area (Å²) in [5.41, 5.74) is 6.07. The van der Waals surface area contributed by atoms with Crippen LogP contribution in [0.2, 0.25) is 0 Å². The van der Waals surface area contributed by atoms with E-state index in [4.69, 9.17) is 0 Å². The van der Waals surface area contributed by atoms with Gasteiger partial charge in [-0.2, -0.15) is 0 Å². The molecule has 0 fully saturated rings. The highest BCUT2D eigenvalue weighted by molar-refractivity contribution is 7.92. The molecule has 0 saturated heterocycles. The number of nitrogens with zero attached hydrogens (tertiary/aromatic N) is 1. The minimum atomic E-state index is -3.94. The highest BCUT2D eigenvalue weighted by Crippen LogP contribution is 2.28. The molecule has 31 heavy (non-hydrogen) atoms. The maximum absolute atomic E-state index is 13.5. The molecule has 1 amide bonds. The molecule has 0 aromatic heterocycles. The van der Waals surface area contributed by atoms with Crippen LogP contribution in [0.1, 0.15) is 27.8 Å². The molecule has 0 atom stereocenters. The van der Waals surface area contributed by atoms with E-state index in [0.29, 0.717) is 11.4 Å². The summed E-state index contributed by atoms with van der Waals surface area (Å²) in [5.74, 6) is -0.404. The summed E-state index contributed by atoms with van der Waals surface area (Å²) < 4.78 is 28.2. The average Bonchev–Trinajstić information content (AvgIpc) is 2.70. The Kier molecular flexibility index (Phi) is 6.51. The first kappa shape index (κ1) is 22.6. The van der Waals surface area contributed by atoms with E-state index in [1.807, 2.05) is 65.0 Å². The number of sulfonamides is 1. The summed E-state index contributed by atoms with van der Waals surface area (Å²) in [6.07, 6.45) is 0. The van der Waals surface area contributed by atoms with Gasteiger partial charge in [-0.3, -0.25) is 9.10 Å². The van der Waals surface area contributed by atoms with Gasteiger partial charge in [0.05, 0.1) is 10.6 Å². The van der Waals surface area contributed by atoms with Crippen molar-refractivity contribution in [3.63, 3.8) is 0 Å². The Balaban J connectivity index is 1.98. The lowest BCUT2D eigenvalue weighted by Gasteiger charge is -2.26. The van der Waals surface area contributed by atoms with Gasteiger partial charge in [-0.15, -0.1) is 0 Å². The lowest BCUT2D eigenvalue weighted by atomic mass is 10.1. The zero-order chi connectivity index (χ0) is 22.8. The van der Waals surface area contributed by atoms with Crippen molar-refractivity contribution in [2.45, 2.75) is 39.5 Å². The van der Waals surface area contributed by atoms with Crippen LogP contribution in [0.15, 0.2) is 65.6 Å². The van der Waals surface area contributed by atoms with Crippen LogP contribution in [0.25, 0.3) is 0 Å². The molecular formula is C25H28N2O3S. The van der Waals surface area contributed by atoms with Crippen LogP contribution in [-0.2, 0) is 14.8 Å². The van der Waals surface area contributed by atoms with Crippen LogP contribution in [0.5, 0.6) is 0 Å². The molecule has 0 aliphatic carbocycles. The third kappa shape index (κ3) is 5.14. The first-order valence-electron chi connectivity index (χ1n) is 10.1. The monoisotopic (exact) mass is 436 g/mol. The number of hydrogen-bond acceptors (Lipinski definition) is 3. The molecule has 3 aromatic carbocycles. The zero-order valence-electron chi connectivity index (χ0n) is 18.6. The van der Waals surface area contributed by atoms with Gasteiger partial charge in [0.1, 0.15) is 6.54 Å². The van der Waals surface area contributed by atoms with Gasteiger partial charge in [-0.1, -0.05) is 41.5 Å². The lowest BCUT2D eigenvalue weighted by Crippen LogP contribution is -2.38. The molecule has 3 aromatic rings. The third-order valence-electron chi connectivity index (χ3n) is 5.31. The lowest BCUT2D eigenvalue weighted by molar-refractivity contribution is -0.114. The van der Waals surface area contributed by atoms with Gasteiger partial charge < -0.3 is 5.32 Å². The maximum atomic E-state index is 13.5. The van der Waals surface area contributed by atoms with E-state index in [1.54, 1.807) is 30.3 Å². The molecule has 1 N–H and O–H groups in total. The van der Waals surface area contributed by atoms with Gasteiger partial charge >= 0.3 is 0 Å². The average molecular weight is 437 g/mol. The predicted octanol–water partition coefficient (Wildman–Crippen LogP) is 5.06. The zero-order valence-corrected chi connectivity index (χ0v) is 19.4. The van der Waals surface area contributed by atoms with Gasteiger partial charge in [0.15, 0.2) is 0 Å². The Morgan fingerprint density at radius 3 is 2.03 bits per heavy atom. The number of carbonyl (C=O) groups excluding carboxylic acids is 1. The highest BCUT2D eigenvalue weighted by Gasteiger charge is 2.28. The van der Waals surface area contributed by atoms with Crippen molar-refractivity contribution in [1.29, 1.82) is 0 Å². The molecule has 0 heterocycles. The molecule has 5 nitrogen and oxygen atoms in total. The van der Waals surface area contributed by atoms with Crippen LogP contribution < -0.4 is 9.62 Å². The number of benzene rings is 3. The van der Waals surface area contributed by atoms with Crippen LogP contribution in [0.3, 0.4) is 0 Å². The van der Waals surface area contributed by atoms with Crippen molar-refractivity contribution in [1.82, 2.24) is 0 Å². The van der Waals surface area contributed by atoms with E-state index in [0.717, 1.165) is 27.8 Å². The Morgan fingerprint density at radius 2 is 1.42 bits per heavy atom. The van der Waals surface area contributed by atoms with Crippen LogP contribution in [0, 0.1) is 34.6 Å². The Morgan fingerprint density at radius 1 is 0.774 bits per heavy atom. The number of carbonyl (C=O) groups is 1. The van der Waals surface area contributed by atoms with Crippen molar-refractivity contribution in [3.8, 4) is 0 Å². The second-order valence-corrected chi connectivity index (χ2v) is 9.82. The van der Waals surface area contributed by atoms with E-state index in [9.17, 15) is 13.2 Å². The van der Waals surface area contributed by atoms with Crippen molar-refractivity contribution in [2.24, 2.45) is 0 Å². The summed E-state index contributed by atoms with van der Waals surface area (Å²) in [5, 5.41) is 2.83. The smallest absolute Gasteiger partial charge is 0.264 e. The van der Waals surface area contributed by atoms with E-state index in [2.05, 4.69) is 5.32 Å². The number of nitrogens with one attached hydrogen (secondary N) is 1. The molecule has 162 valence electrons. The standard InChI is InChI=1S/C25H28N2O3S/c1-17-6-11-23(12-7-17)31(29,30)27(24-13-8-18(2)14-21(24)5)16-25(28)26-22-10-9-19(3)20(4)15-22/h6-15H,16H2,1-5H3,(H,26,28). The largest absolute Gasteiger partial charge is 0.325 e. The van der Waals surface area contributed by atoms with E-state index in [1.165, 1.54) is 4.31 Å². The Labute approximate surface area is 184 Å². The second kappa shape index (κ2) is 8.94. The van der Waals surface area contributed by atoms with Gasteiger partial charge in [0.25, 0.3) is 10.0 Å². The first-order valence-corrected chi connectivity index (χ1v) is 11.6. The minimum Gasteiger partial charge on any atom is -0.325 e. The van der Waals surface area contributed by atoms with Gasteiger partial charge in [0, 0.05) is 5.69 Å². The van der Waals surface area contributed by atoms with Gasteiger partial charge in [0.2, 0.25) is 5.91 Å². The highest BCUT2D eigenvalue weighted by atomic mass is 32.2. The third-order valence-corrected chi connectivity index (χ3v) is 7.08. The number of aryl methyl sites for hydroxylation is 5. The normalized spacial score (nSPS) is 11.3.